The summed E-state index contributed by atoms with van der Waals surface area (Å²) in [6.45, 7) is 5.10. The van der Waals surface area contributed by atoms with E-state index < -0.39 is 19.9 Å². The summed E-state index contributed by atoms with van der Waals surface area (Å²) in [4.78, 5) is 0.0359. The lowest BCUT2D eigenvalue weighted by Gasteiger charge is -2.21. The molecule has 0 unspecified atom stereocenters. The lowest BCUT2D eigenvalue weighted by Crippen LogP contribution is -2.34. The van der Waals surface area contributed by atoms with Crippen LogP contribution < -0.4 is 0 Å². The summed E-state index contributed by atoms with van der Waals surface area (Å²) in [5, 5.41) is 0. The summed E-state index contributed by atoms with van der Waals surface area (Å²) >= 11 is 0. The van der Waals surface area contributed by atoms with Crippen LogP contribution in [0.3, 0.4) is 0 Å². The third kappa shape index (κ3) is 6.22. The van der Waals surface area contributed by atoms with Gasteiger partial charge >= 0.3 is 0 Å². The Morgan fingerprint density at radius 3 is 2.03 bits per heavy atom. The number of nitrogens with zero attached hydrogens (tertiary/aromatic N) is 1. The van der Waals surface area contributed by atoms with Crippen LogP contribution in [0.15, 0.2) is 124 Å². The van der Waals surface area contributed by atoms with E-state index in [1.807, 2.05) is 37.3 Å². The molecule has 0 fully saturated rings. The highest BCUT2D eigenvalue weighted by Gasteiger charge is 2.29. The molecular formula is C27H27NO4S2. The second-order valence-electron chi connectivity index (χ2n) is 7.68. The molecular weight excluding hydrogens is 466 g/mol. The standard InChI is InChI=1S/C27H27NO4S2/c1-3-21-28(34(31,32)26-19-17-23(2)18-20-26)22-27(16-10-13-24-11-6-4-7-12-24)33(29,30)25-14-8-5-9-15-25/h3-12,14-15,17-20H,1,13,21-22H2,2H3. The Hall–Kier alpha value is -3.22. The number of rotatable bonds is 10. The average Bonchev–Trinajstić information content (AvgIpc) is 2.84. The second kappa shape index (κ2) is 11.3. The van der Waals surface area contributed by atoms with Crippen molar-refractivity contribution in [2.24, 2.45) is 0 Å². The van der Waals surface area contributed by atoms with E-state index in [0.29, 0.717) is 6.42 Å². The highest BCUT2D eigenvalue weighted by molar-refractivity contribution is 7.95. The van der Waals surface area contributed by atoms with E-state index in [-0.39, 0.29) is 27.8 Å². The lowest BCUT2D eigenvalue weighted by molar-refractivity contribution is 0.470. The third-order valence-corrected chi connectivity index (χ3v) is 8.75. The maximum absolute atomic E-state index is 13.5. The maximum Gasteiger partial charge on any atom is 0.243 e. The number of sulfone groups is 1. The van der Waals surface area contributed by atoms with Crippen LogP contribution in [0.1, 0.15) is 11.1 Å². The van der Waals surface area contributed by atoms with Gasteiger partial charge in [-0.1, -0.05) is 72.3 Å². The van der Waals surface area contributed by atoms with Gasteiger partial charge in [0.05, 0.1) is 16.3 Å². The lowest BCUT2D eigenvalue weighted by atomic mass is 10.1. The molecule has 0 spiro atoms. The third-order valence-electron chi connectivity index (χ3n) is 5.13. The van der Waals surface area contributed by atoms with Crippen LogP contribution in [-0.2, 0) is 26.3 Å². The van der Waals surface area contributed by atoms with Crippen molar-refractivity contribution in [3.63, 3.8) is 0 Å². The minimum Gasteiger partial charge on any atom is -0.218 e. The van der Waals surface area contributed by atoms with E-state index >= 15 is 0 Å². The van der Waals surface area contributed by atoms with Gasteiger partial charge in [-0.3, -0.25) is 0 Å². The first-order valence-electron chi connectivity index (χ1n) is 10.7. The van der Waals surface area contributed by atoms with E-state index in [0.717, 1.165) is 15.4 Å². The molecule has 3 aromatic carbocycles. The molecule has 3 rings (SSSR count). The minimum absolute atomic E-state index is 0.0512. The molecule has 0 saturated carbocycles. The van der Waals surface area contributed by atoms with Gasteiger partial charge in [0.25, 0.3) is 0 Å². The van der Waals surface area contributed by atoms with Gasteiger partial charge in [-0.25, -0.2) is 16.8 Å². The average molecular weight is 494 g/mol. The molecule has 0 aliphatic carbocycles. The molecule has 0 N–H and O–H groups in total. The molecule has 0 aromatic heterocycles. The first kappa shape index (κ1) is 25.4. The Balaban J connectivity index is 2.06. The van der Waals surface area contributed by atoms with Crippen molar-refractivity contribution in [3.8, 4) is 0 Å². The van der Waals surface area contributed by atoms with Gasteiger partial charge in [-0.2, -0.15) is 4.31 Å². The highest BCUT2D eigenvalue weighted by atomic mass is 32.2. The molecule has 176 valence electrons. The highest BCUT2D eigenvalue weighted by Crippen LogP contribution is 2.23. The van der Waals surface area contributed by atoms with Crippen molar-refractivity contribution in [3.05, 3.63) is 125 Å². The Kier molecular flexibility index (Phi) is 8.42. The Bertz CT molecular complexity index is 1390. The molecule has 0 aliphatic heterocycles. The van der Waals surface area contributed by atoms with Gasteiger partial charge in [0, 0.05) is 6.54 Å². The van der Waals surface area contributed by atoms with Gasteiger partial charge in [-0.15, -0.1) is 12.3 Å². The summed E-state index contributed by atoms with van der Waals surface area (Å²) < 4.78 is 54.7. The van der Waals surface area contributed by atoms with Gasteiger partial charge in [0.1, 0.15) is 4.91 Å². The number of benzene rings is 3. The topological polar surface area (TPSA) is 71.5 Å². The smallest absolute Gasteiger partial charge is 0.218 e. The summed E-state index contributed by atoms with van der Waals surface area (Å²) in [6, 6.07) is 23.9. The molecule has 3 aromatic rings. The number of hydrogen-bond donors (Lipinski definition) is 0. The van der Waals surface area contributed by atoms with Crippen LogP contribution in [0.4, 0.5) is 0 Å². The van der Waals surface area contributed by atoms with Crippen LogP contribution in [0.25, 0.3) is 0 Å². The molecule has 0 atom stereocenters. The summed E-state index contributed by atoms with van der Waals surface area (Å²) in [6.07, 6.45) is 3.52. The van der Waals surface area contributed by atoms with E-state index in [9.17, 15) is 16.8 Å². The van der Waals surface area contributed by atoms with Crippen LogP contribution >= 0.6 is 0 Å². The fourth-order valence-corrected chi connectivity index (χ4v) is 6.08. The molecule has 7 heteroatoms. The summed E-state index contributed by atoms with van der Waals surface area (Å²) in [5.41, 5.74) is 4.80. The first-order valence-corrected chi connectivity index (χ1v) is 13.6. The van der Waals surface area contributed by atoms with E-state index in [4.69, 9.17) is 0 Å². The first-order chi connectivity index (χ1) is 16.2. The quantitative estimate of drug-likeness (QED) is 0.297. The maximum atomic E-state index is 13.5. The molecule has 5 nitrogen and oxygen atoms in total. The van der Waals surface area contributed by atoms with E-state index in [1.165, 1.54) is 30.3 Å². The van der Waals surface area contributed by atoms with Crippen molar-refractivity contribution >= 4 is 19.9 Å². The zero-order chi connectivity index (χ0) is 24.6. The molecule has 0 bridgehead atoms. The zero-order valence-electron chi connectivity index (χ0n) is 19.0. The fraction of sp³-hybridized carbons (Fsp3) is 0.148. The van der Waals surface area contributed by atoms with Crippen LogP contribution in [-0.4, -0.2) is 34.2 Å². The van der Waals surface area contributed by atoms with E-state index in [1.54, 1.807) is 36.4 Å². The molecule has 0 radical (unpaired) electrons. The molecule has 0 saturated heterocycles. The summed E-state index contributed by atoms with van der Waals surface area (Å²) in [5.74, 6) is 0. The monoisotopic (exact) mass is 493 g/mol. The fourth-order valence-electron chi connectivity index (χ4n) is 3.26. The van der Waals surface area contributed by atoms with Crippen LogP contribution in [0, 0.1) is 6.92 Å². The Morgan fingerprint density at radius 2 is 1.44 bits per heavy atom. The SMILES string of the molecule is C=CCN(CC(=C=CCc1ccccc1)S(=O)(=O)c1ccccc1)S(=O)(=O)c1ccc(C)cc1. The van der Waals surface area contributed by atoms with Gasteiger partial charge in [0.15, 0.2) is 0 Å². The zero-order valence-corrected chi connectivity index (χ0v) is 20.6. The predicted octanol–water partition coefficient (Wildman–Crippen LogP) is 4.93. The Labute approximate surface area is 202 Å². The van der Waals surface area contributed by atoms with Crippen molar-refractivity contribution in [1.29, 1.82) is 0 Å². The molecule has 0 amide bonds. The van der Waals surface area contributed by atoms with Crippen molar-refractivity contribution in [2.45, 2.75) is 23.1 Å². The van der Waals surface area contributed by atoms with Crippen molar-refractivity contribution in [2.75, 3.05) is 13.1 Å². The number of hydrogen-bond acceptors (Lipinski definition) is 4. The largest absolute Gasteiger partial charge is 0.243 e. The molecule has 34 heavy (non-hydrogen) atoms. The van der Waals surface area contributed by atoms with Gasteiger partial charge < -0.3 is 0 Å². The molecule has 0 aliphatic rings. The second-order valence-corrected chi connectivity index (χ2v) is 11.6. The van der Waals surface area contributed by atoms with Crippen molar-refractivity contribution < 1.29 is 16.8 Å². The van der Waals surface area contributed by atoms with Crippen molar-refractivity contribution in [1.82, 2.24) is 4.31 Å². The van der Waals surface area contributed by atoms with E-state index in [2.05, 4.69) is 12.3 Å². The number of sulfonamides is 1. The molecule has 0 heterocycles. The predicted molar refractivity (Wildman–Crippen MR) is 136 cm³/mol. The van der Waals surface area contributed by atoms with Gasteiger partial charge in [-0.05, 0) is 49.2 Å². The van der Waals surface area contributed by atoms with Crippen LogP contribution in [0.2, 0.25) is 0 Å². The summed E-state index contributed by atoms with van der Waals surface area (Å²) in [7, 11) is -7.96. The number of aryl methyl sites for hydroxylation is 1. The Morgan fingerprint density at radius 1 is 0.853 bits per heavy atom. The van der Waals surface area contributed by atoms with Crippen LogP contribution in [0.5, 0.6) is 0 Å². The van der Waals surface area contributed by atoms with Gasteiger partial charge in [0.2, 0.25) is 19.9 Å². The minimum atomic E-state index is -3.98. The normalized spacial score (nSPS) is 11.6.